The Morgan fingerprint density at radius 2 is 2.11 bits per heavy atom. The lowest BCUT2D eigenvalue weighted by Crippen LogP contribution is -2.31. The van der Waals surface area contributed by atoms with Crippen LogP contribution in [0.4, 0.5) is 0 Å². The third-order valence-corrected chi connectivity index (χ3v) is 5.36. The topological polar surface area (TPSA) is 63.2 Å². The van der Waals surface area contributed by atoms with Gasteiger partial charge in [0.05, 0.1) is 17.9 Å². The molecule has 1 aromatic rings. The lowest BCUT2D eigenvalue weighted by molar-refractivity contribution is -0.120. The van der Waals surface area contributed by atoms with Gasteiger partial charge in [0.1, 0.15) is 0 Å². The van der Waals surface area contributed by atoms with Gasteiger partial charge in [-0.2, -0.15) is 0 Å². The van der Waals surface area contributed by atoms with E-state index in [1.54, 1.807) is 0 Å². The maximum Gasteiger partial charge on any atom is 0.224 e. The number of carbonyl (C=O) groups is 1. The highest BCUT2D eigenvalue weighted by molar-refractivity contribution is 7.91. The molecule has 1 aliphatic rings. The van der Waals surface area contributed by atoms with E-state index >= 15 is 0 Å². The second-order valence-corrected chi connectivity index (χ2v) is 7.41. The van der Waals surface area contributed by atoms with Crippen LogP contribution in [-0.2, 0) is 21.1 Å². The van der Waals surface area contributed by atoms with Crippen LogP contribution >= 0.6 is 0 Å². The number of sulfone groups is 1. The van der Waals surface area contributed by atoms with Gasteiger partial charge >= 0.3 is 0 Å². The lowest BCUT2D eigenvalue weighted by atomic mass is 10.1. The summed E-state index contributed by atoms with van der Waals surface area (Å²) in [5, 5.41) is 2.83. The molecule has 0 aromatic heterocycles. The van der Waals surface area contributed by atoms with Gasteiger partial charge in [0.2, 0.25) is 5.91 Å². The van der Waals surface area contributed by atoms with Crippen LogP contribution in [0.15, 0.2) is 24.3 Å². The summed E-state index contributed by atoms with van der Waals surface area (Å²) in [6, 6.07) is 7.78. The molecule has 1 N–H and O–H groups in total. The van der Waals surface area contributed by atoms with Crippen LogP contribution in [0.1, 0.15) is 17.5 Å². The van der Waals surface area contributed by atoms with E-state index in [0.717, 1.165) is 11.1 Å². The molecule has 1 saturated heterocycles. The predicted octanol–water partition coefficient (Wildman–Crippen LogP) is 1.09. The molecule has 1 aromatic carbocycles. The maximum atomic E-state index is 11.8. The second-order valence-electron chi connectivity index (χ2n) is 5.18. The molecule has 1 unspecified atom stereocenters. The summed E-state index contributed by atoms with van der Waals surface area (Å²) in [6.07, 6.45) is 1.01. The fourth-order valence-electron chi connectivity index (χ4n) is 2.34. The van der Waals surface area contributed by atoms with Crippen LogP contribution < -0.4 is 5.32 Å². The number of nitrogens with one attached hydrogen (secondary N) is 1. The third-order valence-electron chi connectivity index (χ3n) is 3.53. The molecule has 104 valence electrons. The summed E-state index contributed by atoms with van der Waals surface area (Å²) in [4.78, 5) is 11.8. The van der Waals surface area contributed by atoms with Crippen LogP contribution in [-0.4, -0.2) is 32.4 Å². The zero-order valence-corrected chi connectivity index (χ0v) is 11.9. The molecule has 0 saturated carbocycles. The largest absolute Gasteiger partial charge is 0.356 e. The van der Waals surface area contributed by atoms with Crippen LogP contribution in [0.5, 0.6) is 0 Å². The first-order chi connectivity index (χ1) is 8.96. The highest BCUT2D eigenvalue weighted by Crippen LogP contribution is 2.17. The van der Waals surface area contributed by atoms with E-state index in [-0.39, 0.29) is 23.3 Å². The van der Waals surface area contributed by atoms with E-state index in [1.165, 1.54) is 0 Å². The van der Waals surface area contributed by atoms with Gasteiger partial charge in [-0.25, -0.2) is 8.42 Å². The van der Waals surface area contributed by atoms with Crippen molar-refractivity contribution in [3.8, 4) is 0 Å². The fraction of sp³-hybridized carbons (Fsp3) is 0.500. The van der Waals surface area contributed by atoms with Gasteiger partial charge < -0.3 is 5.32 Å². The highest BCUT2D eigenvalue weighted by atomic mass is 32.2. The number of carbonyl (C=O) groups excluding carboxylic acids is 1. The number of aryl methyl sites for hydroxylation is 1. The van der Waals surface area contributed by atoms with Gasteiger partial charge in [0.15, 0.2) is 9.84 Å². The summed E-state index contributed by atoms with van der Waals surface area (Å²) in [7, 11) is -2.86. The zero-order chi connectivity index (χ0) is 13.9. The summed E-state index contributed by atoms with van der Waals surface area (Å²) in [6.45, 7) is 2.44. The van der Waals surface area contributed by atoms with Crippen molar-refractivity contribution in [1.29, 1.82) is 0 Å². The average Bonchev–Trinajstić information content (AvgIpc) is 2.69. The van der Waals surface area contributed by atoms with E-state index in [0.29, 0.717) is 19.4 Å². The molecule has 0 radical (unpaired) electrons. The minimum atomic E-state index is -2.86. The SMILES string of the molecule is Cc1ccccc1CC(=O)NCC1CCS(=O)(=O)C1. The van der Waals surface area contributed by atoms with Crippen LogP contribution in [0, 0.1) is 12.8 Å². The Labute approximate surface area is 114 Å². The van der Waals surface area contributed by atoms with Gasteiger partial charge in [-0.3, -0.25) is 4.79 Å². The molecule has 1 atom stereocenters. The predicted molar refractivity (Wildman–Crippen MR) is 74.7 cm³/mol. The van der Waals surface area contributed by atoms with E-state index < -0.39 is 9.84 Å². The molecule has 0 bridgehead atoms. The quantitative estimate of drug-likeness (QED) is 0.898. The second kappa shape index (κ2) is 5.74. The summed E-state index contributed by atoms with van der Waals surface area (Å²) < 4.78 is 22.6. The Hall–Kier alpha value is -1.36. The van der Waals surface area contributed by atoms with Gasteiger partial charge in [-0.1, -0.05) is 24.3 Å². The minimum Gasteiger partial charge on any atom is -0.356 e. The molecule has 5 heteroatoms. The lowest BCUT2D eigenvalue weighted by Gasteiger charge is -2.10. The van der Waals surface area contributed by atoms with Gasteiger partial charge in [0.25, 0.3) is 0 Å². The first kappa shape index (κ1) is 14.1. The summed E-state index contributed by atoms with van der Waals surface area (Å²) in [5.74, 6) is 0.493. The fourth-order valence-corrected chi connectivity index (χ4v) is 4.20. The smallest absolute Gasteiger partial charge is 0.224 e. The molecule has 1 aliphatic heterocycles. The molecule has 2 rings (SSSR count). The maximum absolute atomic E-state index is 11.8. The van der Waals surface area contributed by atoms with Crippen molar-refractivity contribution in [3.05, 3.63) is 35.4 Å². The number of benzene rings is 1. The number of hydrogen-bond donors (Lipinski definition) is 1. The van der Waals surface area contributed by atoms with Crippen molar-refractivity contribution >= 4 is 15.7 Å². The average molecular weight is 281 g/mol. The Balaban J connectivity index is 1.81. The molecule has 1 amide bonds. The van der Waals surface area contributed by atoms with Crippen molar-refractivity contribution in [2.45, 2.75) is 19.8 Å². The van der Waals surface area contributed by atoms with Gasteiger partial charge in [-0.15, -0.1) is 0 Å². The molecule has 4 nitrogen and oxygen atoms in total. The molecule has 19 heavy (non-hydrogen) atoms. The van der Waals surface area contributed by atoms with E-state index in [4.69, 9.17) is 0 Å². The molecule has 1 heterocycles. The highest BCUT2D eigenvalue weighted by Gasteiger charge is 2.27. The third kappa shape index (κ3) is 4.06. The molecular weight excluding hydrogens is 262 g/mol. The van der Waals surface area contributed by atoms with Gasteiger partial charge in [-0.05, 0) is 30.4 Å². The standard InChI is InChI=1S/C14H19NO3S/c1-11-4-2-3-5-13(11)8-14(16)15-9-12-6-7-19(17,18)10-12/h2-5,12H,6-10H2,1H3,(H,15,16). The van der Waals surface area contributed by atoms with Crippen molar-refractivity contribution in [1.82, 2.24) is 5.32 Å². The Kier molecular flexibility index (Phi) is 4.24. The molecule has 0 aliphatic carbocycles. The Bertz CT molecular complexity index is 566. The summed E-state index contributed by atoms with van der Waals surface area (Å²) >= 11 is 0. The Morgan fingerprint density at radius 1 is 1.37 bits per heavy atom. The first-order valence-corrected chi connectivity index (χ1v) is 8.30. The van der Waals surface area contributed by atoms with E-state index in [2.05, 4.69) is 5.32 Å². The van der Waals surface area contributed by atoms with Crippen LogP contribution in [0.3, 0.4) is 0 Å². The van der Waals surface area contributed by atoms with Gasteiger partial charge in [0, 0.05) is 6.54 Å². The molecular formula is C14H19NO3S. The first-order valence-electron chi connectivity index (χ1n) is 6.48. The molecule has 0 spiro atoms. The summed E-state index contributed by atoms with van der Waals surface area (Å²) in [5.41, 5.74) is 2.11. The van der Waals surface area contributed by atoms with Crippen molar-refractivity contribution in [3.63, 3.8) is 0 Å². The normalized spacial score (nSPS) is 21.2. The van der Waals surface area contributed by atoms with Crippen molar-refractivity contribution in [2.75, 3.05) is 18.1 Å². The van der Waals surface area contributed by atoms with Crippen LogP contribution in [0.25, 0.3) is 0 Å². The molecule has 1 fully saturated rings. The number of rotatable bonds is 4. The van der Waals surface area contributed by atoms with E-state index in [1.807, 2.05) is 31.2 Å². The Morgan fingerprint density at radius 3 is 2.74 bits per heavy atom. The van der Waals surface area contributed by atoms with Crippen molar-refractivity contribution in [2.24, 2.45) is 5.92 Å². The number of amides is 1. The monoisotopic (exact) mass is 281 g/mol. The number of hydrogen-bond acceptors (Lipinski definition) is 3. The minimum absolute atomic E-state index is 0.0430. The van der Waals surface area contributed by atoms with E-state index in [9.17, 15) is 13.2 Å². The zero-order valence-electron chi connectivity index (χ0n) is 11.1. The van der Waals surface area contributed by atoms with Crippen LogP contribution in [0.2, 0.25) is 0 Å². The van der Waals surface area contributed by atoms with Crippen molar-refractivity contribution < 1.29 is 13.2 Å².